The Kier molecular flexibility index (Phi) is 5.64. The smallest absolute Gasteiger partial charge is 0.255 e. The molecule has 0 unspecified atom stereocenters. The van der Waals surface area contributed by atoms with Crippen molar-refractivity contribution in [3.8, 4) is 0 Å². The van der Waals surface area contributed by atoms with Crippen molar-refractivity contribution < 1.29 is 9.59 Å². The molecular weight excluding hydrogens is 335 g/mol. The van der Waals surface area contributed by atoms with Gasteiger partial charge in [-0.1, -0.05) is 23.2 Å². The summed E-state index contributed by atoms with van der Waals surface area (Å²) >= 11 is 11.8. The Labute approximate surface area is 144 Å². The van der Waals surface area contributed by atoms with E-state index >= 15 is 0 Å². The summed E-state index contributed by atoms with van der Waals surface area (Å²) in [7, 11) is 0. The van der Waals surface area contributed by atoms with Gasteiger partial charge in [0.25, 0.3) is 11.8 Å². The zero-order chi connectivity index (χ0) is 17.0. The van der Waals surface area contributed by atoms with Gasteiger partial charge >= 0.3 is 0 Å². The molecule has 2 amide bonds. The Balaban J connectivity index is 2.09. The molecule has 0 aliphatic rings. The highest BCUT2D eigenvalue weighted by Gasteiger charge is 2.10. The predicted molar refractivity (Wildman–Crippen MR) is 93.5 cm³/mol. The van der Waals surface area contributed by atoms with Crippen molar-refractivity contribution in [2.24, 2.45) is 0 Å². The van der Waals surface area contributed by atoms with Gasteiger partial charge < -0.3 is 10.6 Å². The van der Waals surface area contributed by atoms with Gasteiger partial charge in [-0.3, -0.25) is 9.59 Å². The molecular formula is C17H16Cl2N2O2. The van der Waals surface area contributed by atoms with Crippen LogP contribution in [0.5, 0.6) is 0 Å². The number of carbonyl (C=O) groups is 2. The van der Waals surface area contributed by atoms with E-state index in [9.17, 15) is 9.59 Å². The molecule has 23 heavy (non-hydrogen) atoms. The van der Waals surface area contributed by atoms with E-state index < -0.39 is 0 Å². The first-order valence-corrected chi connectivity index (χ1v) is 7.79. The van der Waals surface area contributed by atoms with Crippen molar-refractivity contribution in [3.05, 3.63) is 63.6 Å². The van der Waals surface area contributed by atoms with Crippen LogP contribution in [0.1, 0.15) is 34.6 Å². The van der Waals surface area contributed by atoms with Crippen molar-refractivity contribution in [2.45, 2.75) is 19.9 Å². The first kappa shape index (κ1) is 17.3. The van der Waals surface area contributed by atoms with Gasteiger partial charge in [0.1, 0.15) is 0 Å². The van der Waals surface area contributed by atoms with Crippen molar-refractivity contribution >= 4 is 40.7 Å². The number of nitrogens with one attached hydrogen (secondary N) is 2. The molecule has 0 atom stereocenters. The van der Waals surface area contributed by atoms with Crippen LogP contribution in [0.25, 0.3) is 0 Å². The first-order chi connectivity index (χ1) is 10.8. The lowest BCUT2D eigenvalue weighted by molar-refractivity contribution is 0.0941. The maximum atomic E-state index is 12.2. The Morgan fingerprint density at radius 2 is 1.35 bits per heavy atom. The fourth-order valence-electron chi connectivity index (χ4n) is 1.95. The number of carbonyl (C=O) groups excluding carboxylic acids is 2. The van der Waals surface area contributed by atoms with Gasteiger partial charge in [0.2, 0.25) is 0 Å². The van der Waals surface area contributed by atoms with Crippen LogP contribution in [0.15, 0.2) is 42.5 Å². The summed E-state index contributed by atoms with van der Waals surface area (Å²) < 4.78 is 0. The largest absolute Gasteiger partial charge is 0.350 e. The number of hydrogen-bond donors (Lipinski definition) is 2. The molecule has 2 aromatic carbocycles. The predicted octanol–water partition coefficient (Wildman–Crippen LogP) is 4.38. The van der Waals surface area contributed by atoms with Crippen LogP contribution in [0.3, 0.4) is 0 Å². The van der Waals surface area contributed by atoms with E-state index in [1.165, 1.54) is 0 Å². The third kappa shape index (κ3) is 4.98. The Morgan fingerprint density at radius 3 is 1.83 bits per heavy atom. The SMILES string of the molecule is CC(C)NC(=O)c1ccc(C(=O)Nc2cc(Cl)cc(Cl)c2)cc1. The van der Waals surface area contributed by atoms with Gasteiger partial charge in [-0.05, 0) is 56.3 Å². The molecule has 0 fully saturated rings. The van der Waals surface area contributed by atoms with Crippen molar-refractivity contribution in [1.29, 1.82) is 0 Å². The summed E-state index contributed by atoms with van der Waals surface area (Å²) in [5.74, 6) is -0.479. The Morgan fingerprint density at radius 1 is 0.870 bits per heavy atom. The summed E-state index contributed by atoms with van der Waals surface area (Å²) in [5, 5.41) is 6.38. The molecule has 0 heterocycles. The molecule has 0 spiro atoms. The van der Waals surface area contributed by atoms with Crippen molar-refractivity contribution in [3.63, 3.8) is 0 Å². The van der Waals surface area contributed by atoms with Gasteiger partial charge in [-0.15, -0.1) is 0 Å². The summed E-state index contributed by atoms with van der Waals surface area (Å²) in [6.45, 7) is 3.77. The lowest BCUT2D eigenvalue weighted by Crippen LogP contribution is -2.30. The number of rotatable bonds is 4. The minimum Gasteiger partial charge on any atom is -0.350 e. The molecule has 2 aromatic rings. The second-order valence-corrected chi connectivity index (χ2v) is 6.19. The van der Waals surface area contributed by atoms with Gasteiger partial charge in [0, 0.05) is 32.9 Å². The van der Waals surface area contributed by atoms with Crippen LogP contribution in [0.2, 0.25) is 10.0 Å². The molecule has 0 aliphatic heterocycles. The average Bonchev–Trinajstić information content (AvgIpc) is 2.45. The first-order valence-electron chi connectivity index (χ1n) is 7.03. The zero-order valence-electron chi connectivity index (χ0n) is 12.7. The third-order valence-corrected chi connectivity index (χ3v) is 3.39. The summed E-state index contributed by atoms with van der Waals surface area (Å²) in [4.78, 5) is 24.1. The van der Waals surface area contributed by atoms with Gasteiger partial charge in [-0.25, -0.2) is 0 Å². The Hall–Kier alpha value is -2.04. The monoisotopic (exact) mass is 350 g/mol. The highest BCUT2D eigenvalue weighted by Crippen LogP contribution is 2.23. The molecule has 0 aromatic heterocycles. The van der Waals surface area contributed by atoms with E-state index in [1.807, 2.05) is 13.8 Å². The topological polar surface area (TPSA) is 58.2 Å². The van der Waals surface area contributed by atoms with Crippen LogP contribution >= 0.6 is 23.2 Å². The van der Waals surface area contributed by atoms with Crippen molar-refractivity contribution in [1.82, 2.24) is 5.32 Å². The highest BCUT2D eigenvalue weighted by atomic mass is 35.5. The van der Waals surface area contributed by atoms with Crippen LogP contribution < -0.4 is 10.6 Å². The number of benzene rings is 2. The molecule has 2 rings (SSSR count). The fourth-order valence-corrected chi connectivity index (χ4v) is 2.47. The van der Waals surface area contributed by atoms with E-state index in [0.29, 0.717) is 26.9 Å². The molecule has 0 bridgehead atoms. The summed E-state index contributed by atoms with van der Waals surface area (Å²) in [6, 6.07) is 11.3. The van der Waals surface area contributed by atoms with E-state index in [0.717, 1.165) is 0 Å². The lowest BCUT2D eigenvalue weighted by Gasteiger charge is -2.09. The number of anilines is 1. The molecule has 0 radical (unpaired) electrons. The molecule has 6 heteroatoms. The van der Waals surface area contributed by atoms with Crippen LogP contribution in [-0.4, -0.2) is 17.9 Å². The minimum absolute atomic E-state index is 0.0538. The molecule has 2 N–H and O–H groups in total. The van der Waals surface area contributed by atoms with Crippen LogP contribution in [0, 0.1) is 0 Å². The van der Waals surface area contributed by atoms with E-state index in [-0.39, 0.29) is 17.9 Å². The third-order valence-electron chi connectivity index (χ3n) is 2.95. The fraction of sp³-hybridized carbons (Fsp3) is 0.176. The molecule has 120 valence electrons. The molecule has 0 saturated carbocycles. The second kappa shape index (κ2) is 7.49. The number of amides is 2. The second-order valence-electron chi connectivity index (χ2n) is 5.32. The molecule has 4 nitrogen and oxygen atoms in total. The minimum atomic E-state index is -0.306. The highest BCUT2D eigenvalue weighted by molar-refractivity contribution is 6.35. The standard InChI is InChI=1S/C17H16Cl2N2O2/c1-10(2)20-16(22)11-3-5-12(6-4-11)17(23)21-15-8-13(18)7-14(19)9-15/h3-10H,1-2H3,(H,20,22)(H,21,23). The number of hydrogen-bond acceptors (Lipinski definition) is 2. The van der Waals surface area contributed by atoms with Crippen LogP contribution in [-0.2, 0) is 0 Å². The zero-order valence-corrected chi connectivity index (χ0v) is 14.2. The number of halogens is 2. The van der Waals surface area contributed by atoms with E-state index in [1.54, 1.807) is 42.5 Å². The summed E-state index contributed by atoms with van der Waals surface area (Å²) in [5.41, 5.74) is 1.44. The molecule has 0 saturated heterocycles. The quantitative estimate of drug-likeness (QED) is 0.859. The van der Waals surface area contributed by atoms with Crippen molar-refractivity contribution in [2.75, 3.05) is 5.32 Å². The maximum Gasteiger partial charge on any atom is 0.255 e. The van der Waals surface area contributed by atoms with Crippen LogP contribution in [0.4, 0.5) is 5.69 Å². The van der Waals surface area contributed by atoms with Gasteiger partial charge in [0.15, 0.2) is 0 Å². The van der Waals surface area contributed by atoms with Gasteiger partial charge in [0.05, 0.1) is 0 Å². The summed E-state index contributed by atoms with van der Waals surface area (Å²) in [6.07, 6.45) is 0. The van der Waals surface area contributed by atoms with E-state index in [4.69, 9.17) is 23.2 Å². The Bertz CT molecular complexity index is 708. The molecule has 0 aliphatic carbocycles. The normalized spacial score (nSPS) is 10.5. The van der Waals surface area contributed by atoms with Gasteiger partial charge in [-0.2, -0.15) is 0 Å². The maximum absolute atomic E-state index is 12.2. The van der Waals surface area contributed by atoms with E-state index in [2.05, 4.69) is 10.6 Å². The lowest BCUT2D eigenvalue weighted by atomic mass is 10.1. The average molecular weight is 351 g/mol.